The van der Waals surface area contributed by atoms with E-state index in [9.17, 15) is 0 Å². The predicted octanol–water partition coefficient (Wildman–Crippen LogP) is 3.30. The number of H-pyrrole nitrogens is 1. The van der Waals surface area contributed by atoms with Crippen LogP contribution in [-0.4, -0.2) is 25.9 Å². The van der Waals surface area contributed by atoms with Gasteiger partial charge in [-0.15, -0.1) is 18.3 Å². The van der Waals surface area contributed by atoms with Crippen molar-refractivity contribution in [2.24, 2.45) is 0 Å². The number of nitrogens with zero attached hydrogens (tertiary/aromatic N) is 3. The van der Waals surface area contributed by atoms with E-state index >= 15 is 0 Å². The van der Waals surface area contributed by atoms with Crippen LogP contribution >= 0.6 is 11.8 Å². The summed E-state index contributed by atoms with van der Waals surface area (Å²) in [6, 6.07) is 8.19. The summed E-state index contributed by atoms with van der Waals surface area (Å²) < 4.78 is 0. The fraction of sp³-hybridized carbons (Fsp3) is 0.0714. The third-order valence-corrected chi connectivity index (χ3v) is 3.76. The molecule has 0 aliphatic carbocycles. The zero-order chi connectivity index (χ0) is 13.1. The van der Waals surface area contributed by atoms with Crippen LogP contribution < -0.4 is 0 Å². The minimum atomic E-state index is 0.827. The number of hydrogen-bond donors (Lipinski definition) is 1. The molecule has 0 saturated carbocycles. The number of nitrogens with one attached hydrogen (secondary N) is 1. The first kappa shape index (κ1) is 11.9. The summed E-state index contributed by atoms with van der Waals surface area (Å²) in [7, 11) is 0. The van der Waals surface area contributed by atoms with Gasteiger partial charge in [-0.05, 0) is 6.07 Å². The third kappa shape index (κ3) is 2.37. The minimum Gasteiger partial charge on any atom is -0.337 e. The molecule has 0 aliphatic rings. The van der Waals surface area contributed by atoms with E-state index < -0.39 is 0 Å². The molecule has 5 heteroatoms. The molecule has 3 aromatic rings. The number of aromatic amines is 1. The van der Waals surface area contributed by atoms with Gasteiger partial charge in [0.1, 0.15) is 11.3 Å². The molecule has 0 saturated heterocycles. The van der Waals surface area contributed by atoms with Crippen LogP contribution in [0, 0.1) is 0 Å². The Morgan fingerprint density at radius 1 is 1.21 bits per heavy atom. The largest absolute Gasteiger partial charge is 0.337 e. The number of aromatic nitrogens is 4. The quantitative estimate of drug-likeness (QED) is 0.582. The highest BCUT2D eigenvalue weighted by Crippen LogP contribution is 2.30. The first-order chi connectivity index (χ1) is 9.38. The fourth-order valence-corrected chi connectivity index (χ4v) is 2.63. The van der Waals surface area contributed by atoms with E-state index in [1.165, 1.54) is 4.90 Å². The molecule has 2 aromatic heterocycles. The van der Waals surface area contributed by atoms with Crippen LogP contribution in [0.5, 0.6) is 0 Å². The summed E-state index contributed by atoms with van der Waals surface area (Å²) >= 11 is 1.74. The lowest BCUT2D eigenvalue weighted by Gasteiger charge is -2.04. The zero-order valence-corrected chi connectivity index (χ0v) is 11.0. The van der Waals surface area contributed by atoms with E-state index in [4.69, 9.17) is 0 Å². The highest BCUT2D eigenvalue weighted by atomic mass is 32.2. The number of hydrogen-bond acceptors (Lipinski definition) is 4. The number of benzene rings is 1. The fourth-order valence-electron chi connectivity index (χ4n) is 1.84. The number of thioether (sulfide) groups is 1. The standard InChI is InChI=1S/C14H12N4S/c1-2-7-19-13-6-4-3-5-10(13)14-17-11-8-15-16-9-12(11)18-14/h2-6,8-9H,1,7H2,(H,17,18). The molecule has 0 aliphatic heterocycles. The van der Waals surface area contributed by atoms with Crippen molar-refractivity contribution in [3.05, 3.63) is 49.3 Å². The van der Waals surface area contributed by atoms with E-state index in [2.05, 4.69) is 38.9 Å². The summed E-state index contributed by atoms with van der Waals surface area (Å²) in [6.45, 7) is 3.75. The van der Waals surface area contributed by atoms with Crippen molar-refractivity contribution in [1.29, 1.82) is 0 Å². The average molecular weight is 268 g/mol. The van der Waals surface area contributed by atoms with Crippen molar-refractivity contribution in [3.63, 3.8) is 0 Å². The molecule has 2 heterocycles. The van der Waals surface area contributed by atoms with Gasteiger partial charge in [0.05, 0.1) is 17.9 Å². The highest BCUT2D eigenvalue weighted by Gasteiger charge is 2.09. The Bertz CT molecular complexity index is 687. The van der Waals surface area contributed by atoms with E-state index in [0.717, 1.165) is 28.2 Å². The lowest BCUT2D eigenvalue weighted by atomic mass is 10.2. The lowest BCUT2D eigenvalue weighted by Crippen LogP contribution is -1.84. The Kier molecular flexibility index (Phi) is 3.29. The first-order valence-corrected chi connectivity index (χ1v) is 6.86. The maximum absolute atomic E-state index is 4.55. The van der Waals surface area contributed by atoms with Crippen LogP contribution in [0.2, 0.25) is 0 Å². The zero-order valence-electron chi connectivity index (χ0n) is 10.2. The van der Waals surface area contributed by atoms with E-state index in [1.54, 1.807) is 24.2 Å². The molecule has 0 radical (unpaired) electrons. The van der Waals surface area contributed by atoms with Crippen molar-refractivity contribution in [2.75, 3.05) is 5.75 Å². The molecule has 94 valence electrons. The molecule has 4 nitrogen and oxygen atoms in total. The van der Waals surface area contributed by atoms with Crippen molar-refractivity contribution >= 4 is 22.8 Å². The van der Waals surface area contributed by atoms with Gasteiger partial charge < -0.3 is 4.98 Å². The number of imidazole rings is 1. The maximum atomic E-state index is 4.55. The molecule has 19 heavy (non-hydrogen) atoms. The van der Waals surface area contributed by atoms with Gasteiger partial charge in [-0.1, -0.05) is 24.3 Å². The molecule has 0 unspecified atom stereocenters. The second-order valence-corrected chi connectivity index (χ2v) is 5.03. The van der Waals surface area contributed by atoms with Gasteiger partial charge in [0.25, 0.3) is 0 Å². The van der Waals surface area contributed by atoms with Crippen LogP contribution in [0.25, 0.3) is 22.4 Å². The SMILES string of the molecule is C=CCSc1ccccc1-c1nc2cnncc2[nH]1. The van der Waals surface area contributed by atoms with Crippen LogP contribution in [0.3, 0.4) is 0 Å². The van der Waals surface area contributed by atoms with E-state index in [0.29, 0.717) is 0 Å². The first-order valence-electron chi connectivity index (χ1n) is 5.88. The summed E-state index contributed by atoms with van der Waals surface area (Å²) in [5.41, 5.74) is 2.81. The second-order valence-electron chi connectivity index (χ2n) is 3.97. The Balaban J connectivity index is 2.07. The molecular weight excluding hydrogens is 256 g/mol. The average Bonchev–Trinajstić information content (AvgIpc) is 2.89. The minimum absolute atomic E-state index is 0.827. The molecule has 3 rings (SSSR count). The van der Waals surface area contributed by atoms with Gasteiger partial charge in [0.15, 0.2) is 0 Å². The van der Waals surface area contributed by atoms with Gasteiger partial charge >= 0.3 is 0 Å². The molecular formula is C14H12N4S. The van der Waals surface area contributed by atoms with Crippen LogP contribution in [0.15, 0.2) is 54.2 Å². The molecule has 0 atom stereocenters. The Labute approximate surface area is 115 Å². The Morgan fingerprint density at radius 2 is 2.05 bits per heavy atom. The highest BCUT2D eigenvalue weighted by molar-refractivity contribution is 7.99. The van der Waals surface area contributed by atoms with Gasteiger partial charge in [-0.25, -0.2) is 4.98 Å². The van der Waals surface area contributed by atoms with Crippen molar-refractivity contribution < 1.29 is 0 Å². The Hall–Kier alpha value is -2.14. The van der Waals surface area contributed by atoms with Gasteiger partial charge in [0, 0.05) is 16.2 Å². The van der Waals surface area contributed by atoms with Gasteiger partial charge in [-0.2, -0.15) is 10.2 Å². The number of rotatable bonds is 4. The maximum Gasteiger partial charge on any atom is 0.139 e. The topological polar surface area (TPSA) is 54.5 Å². The van der Waals surface area contributed by atoms with E-state index in [-0.39, 0.29) is 0 Å². The second kappa shape index (κ2) is 5.24. The van der Waals surface area contributed by atoms with Crippen molar-refractivity contribution in [1.82, 2.24) is 20.2 Å². The smallest absolute Gasteiger partial charge is 0.139 e. The van der Waals surface area contributed by atoms with Gasteiger partial charge in [-0.3, -0.25) is 0 Å². The van der Waals surface area contributed by atoms with Crippen molar-refractivity contribution in [2.45, 2.75) is 4.90 Å². The normalized spacial score (nSPS) is 10.7. The lowest BCUT2D eigenvalue weighted by molar-refractivity contribution is 1.05. The number of fused-ring (bicyclic) bond motifs is 1. The summed E-state index contributed by atoms with van der Waals surface area (Å²) in [6.07, 6.45) is 5.24. The Morgan fingerprint density at radius 3 is 2.89 bits per heavy atom. The summed E-state index contributed by atoms with van der Waals surface area (Å²) in [5.74, 6) is 1.72. The van der Waals surface area contributed by atoms with Gasteiger partial charge in [0.2, 0.25) is 0 Å². The van der Waals surface area contributed by atoms with E-state index in [1.807, 2.05) is 18.2 Å². The third-order valence-electron chi connectivity index (χ3n) is 2.69. The summed E-state index contributed by atoms with van der Waals surface area (Å²) in [4.78, 5) is 9.01. The molecule has 0 spiro atoms. The molecule has 0 bridgehead atoms. The van der Waals surface area contributed by atoms with Crippen molar-refractivity contribution in [3.8, 4) is 11.4 Å². The van der Waals surface area contributed by atoms with Crippen LogP contribution in [0.1, 0.15) is 0 Å². The molecule has 0 amide bonds. The predicted molar refractivity (Wildman–Crippen MR) is 78.0 cm³/mol. The molecule has 1 aromatic carbocycles. The molecule has 1 N–H and O–H groups in total. The summed E-state index contributed by atoms with van der Waals surface area (Å²) in [5, 5.41) is 7.69. The molecule has 0 fully saturated rings. The van der Waals surface area contributed by atoms with Crippen LogP contribution in [0.4, 0.5) is 0 Å². The van der Waals surface area contributed by atoms with Crippen LogP contribution in [-0.2, 0) is 0 Å². The monoisotopic (exact) mass is 268 g/mol.